The Morgan fingerprint density at radius 3 is 2.31 bits per heavy atom. The van der Waals surface area contributed by atoms with Gasteiger partial charge >= 0.3 is 18.1 Å². The van der Waals surface area contributed by atoms with Crippen molar-refractivity contribution < 1.29 is 27.9 Å². The topological polar surface area (TPSA) is 60.9 Å². The molecule has 0 aromatic carbocycles. The van der Waals surface area contributed by atoms with Crippen molar-refractivity contribution in [3.63, 3.8) is 0 Å². The number of carboxylic acids is 1. The first kappa shape index (κ1) is 12.8. The molecule has 0 radical (unpaired) electrons. The summed E-state index contributed by atoms with van der Waals surface area (Å²) in [7, 11) is 1.49. The summed E-state index contributed by atoms with van der Waals surface area (Å²) in [5.41, 5.74) is 0. The van der Waals surface area contributed by atoms with Crippen LogP contribution in [0.5, 0.6) is 0 Å². The zero-order valence-corrected chi connectivity index (χ0v) is 8.49. The first-order valence-electron chi connectivity index (χ1n) is 4.52. The summed E-state index contributed by atoms with van der Waals surface area (Å²) in [4.78, 5) is 23.5. The predicted octanol–water partition coefficient (Wildman–Crippen LogP) is -0.224. The molecule has 1 N–H and O–H groups in total. The molecule has 1 atom stereocenters. The minimum Gasteiger partial charge on any atom is -0.480 e. The van der Waals surface area contributed by atoms with E-state index in [4.69, 9.17) is 5.11 Å². The van der Waals surface area contributed by atoms with Crippen LogP contribution in [0, 0.1) is 0 Å². The van der Waals surface area contributed by atoms with Crippen molar-refractivity contribution in [3.8, 4) is 0 Å². The van der Waals surface area contributed by atoms with Crippen LogP contribution in [-0.4, -0.2) is 65.7 Å². The summed E-state index contributed by atoms with van der Waals surface area (Å²) >= 11 is 0. The van der Waals surface area contributed by atoms with E-state index < -0.39 is 30.6 Å². The fourth-order valence-electron chi connectivity index (χ4n) is 1.50. The number of piperazine rings is 1. The number of carboxylic acid groups (broad SMARTS) is 1. The molecule has 1 amide bonds. The first-order valence-corrected chi connectivity index (χ1v) is 4.52. The van der Waals surface area contributed by atoms with Crippen molar-refractivity contribution in [3.05, 3.63) is 0 Å². The number of hydrogen-bond acceptors (Lipinski definition) is 3. The number of alkyl halides is 3. The summed E-state index contributed by atoms with van der Waals surface area (Å²) in [6.45, 7) is -0.443. The van der Waals surface area contributed by atoms with Crippen LogP contribution in [0.2, 0.25) is 0 Å². The number of nitrogens with zero attached hydrogens (tertiary/aromatic N) is 2. The van der Waals surface area contributed by atoms with Crippen molar-refractivity contribution >= 4 is 11.9 Å². The van der Waals surface area contributed by atoms with E-state index in [1.54, 1.807) is 0 Å². The third-order valence-electron chi connectivity index (χ3n) is 2.46. The van der Waals surface area contributed by atoms with Crippen molar-refractivity contribution in [2.75, 3.05) is 26.7 Å². The molecule has 5 nitrogen and oxygen atoms in total. The summed E-state index contributed by atoms with van der Waals surface area (Å²) in [5, 5.41) is 8.75. The maximum Gasteiger partial charge on any atom is 0.471 e. The molecule has 8 heteroatoms. The number of hydrogen-bond donors (Lipinski definition) is 1. The molecule has 0 unspecified atom stereocenters. The predicted molar refractivity (Wildman–Crippen MR) is 46.7 cm³/mol. The van der Waals surface area contributed by atoms with Crippen LogP contribution in [0.3, 0.4) is 0 Å². The van der Waals surface area contributed by atoms with E-state index in [-0.39, 0.29) is 13.1 Å². The fraction of sp³-hybridized carbons (Fsp3) is 0.750. The second-order valence-corrected chi connectivity index (χ2v) is 3.58. The van der Waals surface area contributed by atoms with Crippen molar-refractivity contribution in [2.24, 2.45) is 0 Å². The molecule has 0 aromatic rings. The highest BCUT2D eigenvalue weighted by Crippen LogP contribution is 2.20. The average molecular weight is 240 g/mol. The van der Waals surface area contributed by atoms with Gasteiger partial charge in [-0.15, -0.1) is 0 Å². The zero-order valence-electron chi connectivity index (χ0n) is 8.49. The molecule has 0 spiro atoms. The molecule has 1 aliphatic rings. The Bertz CT molecular complexity index is 305. The highest BCUT2D eigenvalue weighted by Gasteiger charge is 2.45. The number of halogens is 3. The van der Waals surface area contributed by atoms with Gasteiger partial charge in [0.05, 0.1) is 0 Å². The van der Waals surface area contributed by atoms with E-state index in [0.29, 0.717) is 4.90 Å². The lowest BCUT2D eigenvalue weighted by Gasteiger charge is -2.37. The maximum atomic E-state index is 12.1. The smallest absolute Gasteiger partial charge is 0.471 e. The van der Waals surface area contributed by atoms with Crippen LogP contribution in [0.1, 0.15) is 0 Å². The van der Waals surface area contributed by atoms with E-state index >= 15 is 0 Å². The van der Waals surface area contributed by atoms with Crippen molar-refractivity contribution in [2.45, 2.75) is 12.2 Å². The highest BCUT2D eigenvalue weighted by molar-refractivity contribution is 5.83. The van der Waals surface area contributed by atoms with Gasteiger partial charge in [0.1, 0.15) is 6.04 Å². The minimum absolute atomic E-state index is 0.110. The van der Waals surface area contributed by atoms with Crippen LogP contribution in [0.25, 0.3) is 0 Å². The summed E-state index contributed by atoms with van der Waals surface area (Å²) in [5.74, 6) is -3.21. The van der Waals surface area contributed by atoms with Gasteiger partial charge in [-0.25, -0.2) is 0 Å². The van der Waals surface area contributed by atoms with E-state index in [9.17, 15) is 22.8 Å². The Balaban J connectivity index is 2.73. The third-order valence-corrected chi connectivity index (χ3v) is 2.46. The molecule has 16 heavy (non-hydrogen) atoms. The van der Waals surface area contributed by atoms with Gasteiger partial charge < -0.3 is 10.0 Å². The molecule has 1 fully saturated rings. The zero-order chi connectivity index (χ0) is 12.5. The Morgan fingerprint density at radius 1 is 1.31 bits per heavy atom. The largest absolute Gasteiger partial charge is 0.480 e. The van der Waals surface area contributed by atoms with E-state index in [0.717, 1.165) is 0 Å². The van der Waals surface area contributed by atoms with Gasteiger partial charge in [0.25, 0.3) is 0 Å². The van der Waals surface area contributed by atoms with Gasteiger partial charge in [-0.3, -0.25) is 14.5 Å². The fourth-order valence-corrected chi connectivity index (χ4v) is 1.50. The monoisotopic (exact) mass is 240 g/mol. The Labute approximate surface area is 89.4 Å². The number of rotatable bonds is 1. The molecule has 92 valence electrons. The molecule has 1 rings (SSSR count). The lowest BCUT2D eigenvalue weighted by Crippen LogP contribution is -2.58. The molecule has 1 aliphatic heterocycles. The van der Waals surface area contributed by atoms with Gasteiger partial charge in [-0.05, 0) is 7.05 Å². The number of likely N-dealkylation sites (N-methyl/N-ethyl adjacent to an activating group) is 1. The second-order valence-electron chi connectivity index (χ2n) is 3.58. The molecule has 0 aliphatic carbocycles. The number of carbonyl (C=O) groups is 2. The second kappa shape index (κ2) is 4.28. The molecule has 0 bridgehead atoms. The number of aliphatic carboxylic acids is 1. The van der Waals surface area contributed by atoms with Crippen molar-refractivity contribution in [1.82, 2.24) is 9.80 Å². The Kier molecular flexibility index (Phi) is 3.41. The molecule has 1 saturated heterocycles. The molecule has 0 aromatic heterocycles. The lowest BCUT2D eigenvalue weighted by molar-refractivity contribution is -0.188. The number of amides is 1. The quantitative estimate of drug-likeness (QED) is 0.688. The van der Waals surface area contributed by atoms with Gasteiger partial charge in [-0.1, -0.05) is 0 Å². The first-order chi connectivity index (χ1) is 7.23. The maximum absolute atomic E-state index is 12.1. The van der Waals surface area contributed by atoms with Crippen molar-refractivity contribution in [1.29, 1.82) is 0 Å². The summed E-state index contributed by atoms with van der Waals surface area (Å²) < 4.78 is 36.3. The summed E-state index contributed by atoms with van der Waals surface area (Å²) in [6, 6.07) is -1.08. The van der Waals surface area contributed by atoms with E-state index in [1.807, 2.05) is 0 Å². The molecule has 0 saturated carbocycles. The van der Waals surface area contributed by atoms with Crippen LogP contribution < -0.4 is 0 Å². The van der Waals surface area contributed by atoms with Gasteiger partial charge in [0.15, 0.2) is 0 Å². The molecular formula is C8H11F3N2O3. The SMILES string of the molecule is CN1CCN(C(=O)C(F)(F)F)C[C@H]1C(=O)O. The highest BCUT2D eigenvalue weighted by atomic mass is 19.4. The van der Waals surface area contributed by atoms with Gasteiger partial charge in [0, 0.05) is 19.6 Å². The standard InChI is InChI=1S/C8H11F3N2O3/c1-12-2-3-13(4-5(12)6(14)15)7(16)8(9,10)11/h5H,2-4H2,1H3,(H,14,15)/t5-/m0/s1. The van der Waals surface area contributed by atoms with Gasteiger partial charge in [-0.2, -0.15) is 13.2 Å². The van der Waals surface area contributed by atoms with Crippen LogP contribution >= 0.6 is 0 Å². The lowest BCUT2D eigenvalue weighted by atomic mass is 10.2. The van der Waals surface area contributed by atoms with Gasteiger partial charge in [0.2, 0.25) is 0 Å². The van der Waals surface area contributed by atoms with E-state index in [2.05, 4.69) is 0 Å². The Morgan fingerprint density at radius 2 is 1.88 bits per heavy atom. The molecular weight excluding hydrogens is 229 g/mol. The van der Waals surface area contributed by atoms with Crippen LogP contribution in [0.15, 0.2) is 0 Å². The third kappa shape index (κ3) is 2.63. The minimum atomic E-state index is -4.95. The van der Waals surface area contributed by atoms with E-state index in [1.165, 1.54) is 11.9 Å². The normalized spacial score (nSPS) is 23.2. The number of carbonyl (C=O) groups excluding carboxylic acids is 1. The van der Waals surface area contributed by atoms with Crippen LogP contribution in [0.4, 0.5) is 13.2 Å². The van der Waals surface area contributed by atoms with Crippen LogP contribution in [-0.2, 0) is 9.59 Å². The molecule has 1 heterocycles. The average Bonchev–Trinajstić information content (AvgIpc) is 2.15. The Hall–Kier alpha value is -1.31. The summed E-state index contributed by atoms with van der Waals surface area (Å²) in [6.07, 6.45) is -4.95.